The highest BCUT2D eigenvalue weighted by atomic mass is 79.9. The SMILES string of the molecule is CCN(CC(O)C(O)C(O)CO)C(=O)C(C)Br. The van der Waals surface area contributed by atoms with Crippen LogP contribution in [0.4, 0.5) is 0 Å². The molecule has 0 aliphatic heterocycles. The van der Waals surface area contributed by atoms with Gasteiger partial charge in [0.25, 0.3) is 0 Å². The lowest BCUT2D eigenvalue weighted by Gasteiger charge is -2.28. The van der Waals surface area contributed by atoms with E-state index in [-0.39, 0.29) is 17.3 Å². The van der Waals surface area contributed by atoms with Gasteiger partial charge < -0.3 is 25.3 Å². The van der Waals surface area contributed by atoms with Gasteiger partial charge in [-0.25, -0.2) is 0 Å². The van der Waals surface area contributed by atoms with E-state index >= 15 is 0 Å². The van der Waals surface area contributed by atoms with E-state index < -0.39 is 24.9 Å². The molecule has 0 heterocycles. The fraction of sp³-hybridized carbons (Fsp3) is 0.900. The Hall–Kier alpha value is -0.210. The highest BCUT2D eigenvalue weighted by Gasteiger charge is 2.27. The molecular weight excluding hydrogens is 294 g/mol. The van der Waals surface area contributed by atoms with E-state index in [1.807, 2.05) is 0 Å². The monoisotopic (exact) mass is 313 g/mol. The predicted molar refractivity (Wildman–Crippen MR) is 65.7 cm³/mol. The Labute approximate surface area is 109 Å². The number of halogens is 1. The van der Waals surface area contributed by atoms with E-state index in [2.05, 4.69) is 15.9 Å². The summed E-state index contributed by atoms with van der Waals surface area (Å²) in [5.41, 5.74) is 0. The molecule has 0 saturated carbocycles. The number of amides is 1. The summed E-state index contributed by atoms with van der Waals surface area (Å²) in [6.07, 6.45) is -4.19. The molecule has 0 bridgehead atoms. The first kappa shape index (κ1) is 16.8. The van der Waals surface area contributed by atoms with Crippen LogP contribution in [0.25, 0.3) is 0 Å². The number of likely N-dealkylation sites (N-methyl/N-ethyl adjacent to an activating group) is 1. The van der Waals surface area contributed by atoms with Crippen molar-refractivity contribution in [1.29, 1.82) is 0 Å². The Bertz CT molecular complexity index is 239. The number of aliphatic hydroxyl groups excluding tert-OH is 4. The number of carbonyl (C=O) groups excluding carboxylic acids is 1. The second-order valence-electron chi connectivity index (χ2n) is 3.80. The summed E-state index contributed by atoms with van der Waals surface area (Å²) in [5, 5.41) is 36.9. The molecule has 0 rings (SSSR count). The quantitative estimate of drug-likeness (QED) is 0.437. The maximum Gasteiger partial charge on any atom is 0.236 e. The van der Waals surface area contributed by atoms with Crippen LogP contribution in [0, 0.1) is 0 Å². The smallest absolute Gasteiger partial charge is 0.236 e. The molecule has 7 heteroatoms. The Kier molecular flexibility index (Phi) is 7.89. The lowest BCUT2D eigenvalue weighted by atomic mass is 10.1. The highest BCUT2D eigenvalue weighted by molar-refractivity contribution is 9.10. The van der Waals surface area contributed by atoms with E-state index in [0.29, 0.717) is 6.54 Å². The molecule has 102 valence electrons. The van der Waals surface area contributed by atoms with E-state index in [0.717, 1.165) is 0 Å². The molecule has 0 fully saturated rings. The largest absolute Gasteiger partial charge is 0.394 e. The zero-order chi connectivity index (χ0) is 13.6. The van der Waals surface area contributed by atoms with Crippen LogP contribution in [0.3, 0.4) is 0 Å². The minimum absolute atomic E-state index is 0.0938. The average molecular weight is 314 g/mol. The lowest BCUT2D eigenvalue weighted by Crippen LogP contribution is -2.48. The minimum Gasteiger partial charge on any atom is -0.394 e. The van der Waals surface area contributed by atoms with Crippen LogP contribution in [-0.4, -0.2) is 74.1 Å². The van der Waals surface area contributed by atoms with Crippen molar-refractivity contribution in [3.05, 3.63) is 0 Å². The molecule has 0 aliphatic carbocycles. The summed E-state index contributed by atoms with van der Waals surface area (Å²) in [6, 6.07) is 0. The third kappa shape index (κ3) is 5.31. The Morgan fingerprint density at radius 3 is 2.18 bits per heavy atom. The molecule has 0 aromatic rings. The van der Waals surface area contributed by atoms with Gasteiger partial charge in [-0.1, -0.05) is 15.9 Å². The molecule has 17 heavy (non-hydrogen) atoms. The summed E-state index contributed by atoms with van der Waals surface area (Å²) < 4.78 is 0. The molecule has 0 saturated heterocycles. The Morgan fingerprint density at radius 1 is 1.29 bits per heavy atom. The predicted octanol–water partition coefficient (Wildman–Crippen LogP) is -1.31. The highest BCUT2D eigenvalue weighted by Crippen LogP contribution is 2.08. The van der Waals surface area contributed by atoms with E-state index in [9.17, 15) is 15.0 Å². The molecular formula is C10H20BrNO5. The van der Waals surface area contributed by atoms with Crippen molar-refractivity contribution in [1.82, 2.24) is 4.90 Å². The van der Waals surface area contributed by atoms with Crippen molar-refractivity contribution in [3.63, 3.8) is 0 Å². The van der Waals surface area contributed by atoms with Gasteiger partial charge in [-0.05, 0) is 13.8 Å². The first-order valence-electron chi connectivity index (χ1n) is 5.43. The van der Waals surface area contributed by atoms with Gasteiger partial charge in [0.2, 0.25) is 5.91 Å². The molecule has 0 aromatic carbocycles. The maximum atomic E-state index is 11.6. The zero-order valence-electron chi connectivity index (χ0n) is 9.95. The van der Waals surface area contributed by atoms with Crippen molar-refractivity contribution >= 4 is 21.8 Å². The van der Waals surface area contributed by atoms with E-state index in [1.54, 1.807) is 13.8 Å². The number of hydrogen-bond acceptors (Lipinski definition) is 5. The van der Waals surface area contributed by atoms with Gasteiger partial charge in [0.15, 0.2) is 0 Å². The summed E-state index contributed by atoms with van der Waals surface area (Å²) >= 11 is 3.13. The number of carbonyl (C=O) groups is 1. The second kappa shape index (κ2) is 7.99. The Morgan fingerprint density at radius 2 is 1.82 bits per heavy atom. The minimum atomic E-state index is -1.48. The number of aliphatic hydroxyl groups is 4. The van der Waals surface area contributed by atoms with Gasteiger partial charge >= 0.3 is 0 Å². The second-order valence-corrected chi connectivity index (χ2v) is 5.17. The molecule has 0 spiro atoms. The van der Waals surface area contributed by atoms with Gasteiger partial charge in [-0.15, -0.1) is 0 Å². The zero-order valence-corrected chi connectivity index (χ0v) is 11.5. The van der Waals surface area contributed by atoms with Crippen molar-refractivity contribution in [2.24, 2.45) is 0 Å². The van der Waals surface area contributed by atoms with Crippen LogP contribution in [0.15, 0.2) is 0 Å². The first-order valence-corrected chi connectivity index (χ1v) is 6.34. The number of alkyl halides is 1. The van der Waals surface area contributed by atoms with Crippen LogP contribution in [0.5, 0.6) is 0 Å². The molecule has 4 atom stereocenters. The summed E-state index contributed by atoms with van der Waals surface area (Å²) in [4.78, 5) is 12.6. The van der Waals surface area contributed by atoms with Crippen molar-refractivity contribution in [2.45, 2.75) is 37.0 Å². The van der Waals surface area contributed by atoms with Crippen LogP contribution < -0.4 is 0 Å². The molecule has 1 amide bonds. The normalized spacial score (nSPS) is 18.3. The number of rotatable bonds is 7. The van der Waals surface area contributed by atoms with Gasteiger partial charge in [-0.3, -0.25) is 4.79 Å². The van der Waals surface area contributed by atoms with Crippen LogP contribution in [0.2, 0.25) is 0 Å². The fourth-order valence-electron chi connectivity index (χ4n) is 1.32. The van der Waals surface area contributed by atoms with E-state index in [1.165, 1.54) is 4.90 Å². The molecule has 0 aromatic heterocycles. The van der Waals surface area contributed by atoms with Crippen molar-refractivity contribution < 1.29 is 25.2 Å². The molecule has 0 radical (unpaired) electrons. The fourth-order valence-corrected chi connectivity index (χ4v) is 1.61. The van der Waals surface area contributed by atoms with Crippen LogP contribution >= 0.6 is 15.9 Å². The van der Waals surface area contributed by atoms with Crippen LogP contribution in [0.1, 0.15) is 13.8 Å². The maximum absolute atomic E-state index is 11.6. The summed E-state index contributed by atoms with van der Waals surface area (Å²) in [7, 11) is 0. The van der Waals surface area contributed by atoms with Gasteiger partial charge in [0, 0.05) is 13.1 Å². The molecule has 4 unspecified atom stereocenters. The third-order valence-corrected chi connectivity index (χ3v) is 2.81. The Balaban J connectivity index is 4.42. The van der Waals surface area contributed by atoms with Crippen molar-refractivity contribution in [2.75, 3.05) is 19.7 Å². The molecule has 0 aliphatic rings. The molecule has 6 nitrogen and oxygen atoms in total. The van der Waals surface area contributed by atoms with Crippen LogP contribution in [-0.2, 0) is 4.79 Å². The summed E-state index contributed by atoms with van der Waals surface area (Å²) in [6.45, 7) is 3.05. The van der Waals surface area contributed by atoms with Gasteiger partial charge in [0.1, 0.15) is 18.3 Å². The number of hydrogen-bond donors (Lipinski definition) is 4. The van der Waals surface area contributed by atoms with Gasteiger partial charge in [-0.2, -0.15) is 0 Å². The summed E-state index contributed by atoms with van der Waals surface area (Å²) in [5.74, 6) is -0.211. The lowest BCUT2D eigenvalue weighted by molar-refractivity contribution is -0.134. The number of nitrogens with zero attached hydrogens (tertiary/aromatic N) is 1. The van der Waals surface area contributed by atoms with E-state index in [4.69, 9.17) is 10.2 Å². The average Bonchev–Trinajstić information content (AvgIpc) is 2.32. The third-order valence-electron chi connectivity index (χ3n) is 2.42. The first-order chi connectivity index (χ1) is 7.84. The van der Waals surface area contributed by atoms with Crippen molar-refractivity contribution in [3.8, 4) is 0 Å². The van der Waals surface area contributed by atoms with Gasteiger partial charge in [0.05, 0.1) is 11.4 Å². The topological polar surface area (TPSA) is 101 Å². The standard InChI is InChI=1S/C10H20BrNO5/c1-3-12(10(17)6(2)11)4-7(14)9(16)8(15)5-13/h6-9,13-16H,3-5H2,1-2H3. The molecule has 4 N–H and O–H groups in total.